The fourth-order valence-electron chi connectivity index (χ4n) is 1.62. The fraction of sp³-hybridized carbons (Fsp3) is 0.538. The van der Waals surface area contributed by atoms with Crippen molar-refractivity contribution < 1.29 is 8.42 Å². The molecule has 6 heteroatoms. The van der Waals surface area contributed by atoms with Crippen molar-refractivity contribution >= 4 is 33.4 Å². The summed E-state index contributed by atoms with van der Waals surface area (Å²) < 4.78 is 25.6. The van der Waals surface area contributed by atoms with E-state index in [4.69, 9.17) is 11.6 Å². The van der Waals surface area contributed by atoms with Crippen LogP contribution in [-0.4, -0.2) is 37.7 Å². The molecule has 0 amide bonds. The molecule has 0 fully saturated rings. The normalized spacial score (nSPS) is 13.7. The van der Waals surface area contributed by atoms with E-state index in [0.29, 0.717) is 12.4 Å². The van der Waals surface area contributed by atoms with Crippen molar-refractivity contribution in [1.82, 2.24) is 4.31 Å². The standard InChI is InChI=1S/C13H20ClNO2S2/c1-11(8-14)10-19(16,17)15(2)9-12-4-6-13(18-3)7-5-12/h4-7,11H,8-10H2,1-3H3. The smallest absolute Gasteiger partial charge is 0.212 e. The maximum atomic E-state index is 12.1. The van der Waals surface area contributed by atoms with Crippen LogP contribution in [0.5, 0.6) is 0 Å². The number of rotatable bonds is 7. The largest absolute Gasteiger partial charge is 0.214 e. The number of halogens is 1. The molecule has 1 atom stereocenters. The summed E-state index contributed by atoms with van der Waals surface area (Å²) in [7, 11) is -1.63. The van der Waals surface area contributed by atoms with Crippen molar-refractivity contribution in [3.05, 3.63) is 29.8 Å². The molecule has 3 nitrogen and oxygen atoms in total. The van der Waals surface area contributed by atoms with Gasteiger partial charge in [0.15, 0.2) is 0 Å². The van der Waals surface area contributed by atoms with Gasteiger partial charge in [-0.2, -0.15) is 0 Å². The molecule has 0 spiro atoms. The first-order valence-corrected chi connectivity index (χ1v) is 9.38. The Kier molecular flexibility index (Phi) is 6.66. The van der Waals surface area contributed by atoms with Gasteiger partial charge in [-0.1, -0.05) is 19.1 Å². The molecule has 0 aliphatic carbocycles. The monoisotopic (exact) mass is 321 g/mol. The van der Waals surface area contributed by atoms with Gasteiger partial charge in [0.05, 0.1) is 5.75 Å². The molecule has 0 aliphatic rings. The van der Waals surface area contributed by atoms with E-state index in [1.807, 2.05) is 37.4 Å². The van der Waals surface area contributed by atoms with Crippen LogP contribution in [0, 0.1) is 5.92 Å². The van der Waals surface area contributed by atoms with Crippen LogP contribution in [0.25, 0.3) is 0 Å². The molecule has 0 bridgehead atoms. The average molecular weight is 322 g/mol. The SMILES string of the molecule is CSc1ccc(CN(C)S(=O)(=O)CC(C)CCl)cc1. The van der Waals surface area contributed by atoms with E-state index in [-0.39, 0.29) is 11.7 Å². The highest BCUT2D eigenvalue weighted by molar-refractivity contribution is 7.98. The van der Waals surface area contributed by atoms with Gasteiger partial charge in [0.1, 0.15) is 0 Å². The van der Waals surface area contributed by atoms with Gasteiger partial charge in [-0.05, 0) is 29.9 Å². The highest BCUT2D eigenvalue weighted by Gasteiger charge is 2.20. The van der Waals surface area contributed by atoms with E-state index in [9.17, 15) is 8.42 Å². The zero-order valence-electron chi connectivity index (χ0n) is 11.5. The van der Waals surface area contributed by atoms with Crippen molar-refractivity contribution in [3.63, 3.8) is 0 Å². The first-order chi connectivity index (χ1) is 8.89. The first kappa shape index (κ1) is 16.8. The van der Waals surface area contributed by atoms with Gasteiger partial charge in [-0.25, -0.2) is 12.7 Å². The van der Waals surface area contributed by atoms with Crippen LogP contribution < -0.4 is 0 Å². The number of thioether (sulfide) groups is 1. The lowest BCUT2D eigenvalue weighted by atomic mass is 10.2. The molecule has 0 saturated heterocycles. The lowest BCUT2D eigenvalue weighted by Crippen LogP contribution is -2.31. The van der Waals surface area contributed by atoms with Crippen molar-refractivity contribution in [1.29, 1.82) is 0 Å². The molecular weight excluding hydrogens is 302 g/mol. The second-order valence-corrected chi connectivity index (χ2v) is 7.95. The number of hydrogen-bond donors (Lipinski definition) is 0. The van der Waals surface area contributed by atoms with Gasteiger partial charge in [0.2, 0.25) is 10.0 Å². The zero-order valence-corrected chi connectivity index (χ0v) is 13.9. The predicted octanol–water partition coefficient (Wildman–Crippen LogP) is 3.05. The molecule has 0 aromatic heterocycles. The Morgan fingerprint density at radius 1 is 1.32 bits per heavy atom. The van der Waals surface area contributed by atoms with Crippen LogP contribution in [0.3, 0.4) is 0 Å². The maximum absolute atomic E-state index is 12.1. The van der Waals surface area contributed by atoms with Crippen LogP contribution in [0.15, 0.2) is 29.2 Å². The Bertz CT molecular complexity index is 488. The van der Waals surface area contributed by atoms with E-state index in [1.165, 1.54) is 9.20 Å². The van der Waals surface area contributed by atoms with Gasteiger partial charge in [-0.3, -0.25) is 0 Å². The molecule has 108 valence electrons. The topological polar surface area (TPSA) is 37.4 Å². The Labute approximate surface area is 125 Å². The summed E-state index contributed by atoms with van der Waals surface area (Å²) in [6, 6.07) is 7.93. The number of alkyl halides is 1. The van der Waals surface area contributed by atoms with Crippen LogP contribution >= 0.6 is 23.4 Å². The molecule has 0 heterocycles. The summed E-state index contributed by atoms with van der Waals surface area (Å²) in [5, 5.41) is 0. The number of sulfonamides is 1. The third-order valence-electron chi connectivity index (χ3n) is 2.80. The molecule has 1 aromatic rings. The molecule has 0 radical (unpaired) electrons. The summed E-state index contributed by atoms with van der Waals surface area (Å²) in [6.07, 6.45) is 2.01. The van der Waals surface area contributed by atoms with Crippen molar-refractivity contribution in [2.24, 2.45) is 5.92 Å². The number of hydrogen-bond acceptors (Lipinski definition) is 3. The summed E-state index contributed by atoms with van der Waals surface area (Å²) in [5.74, 6) is 0.416. The average Bonchev–Trinajstić information content (AvgIpc) is 2.39. The van der Waals surface area contributed by atoms with E-state index in [1.54, 1.807) is 18.8 Å². The Morgan fingerprint density at radius 2 is 1.89 bits per heavy atom. The summed E-state index contributed by atoms with van der Waals surface area (Å²) >= 11 is 7.34. The second kappa shape index (κ2) is 7.53. The molecule has 1 unspecified atom stereocenters. The summed E-state index contributed by atoms with van der Waals surface area (Å²) in [5.41, 5.74) is 0.988. The third kappa shape index (κ3) is 5.34. The Hall–Kier alpha value is -0.230. The molecule has 0 aliphatic heterocycles. The van der Waals surface area contributed by atoms with Crippen LogP contribution in [0.4, 0.5) is 0 Å². The summed E-state index contributed by atoms with van der Waals surface area (Å²) in [4.78, 5) is 1.17. The van der Waals surface area contributed by atoms with E-state index in [0.717, 1.165) is 5.56 Å². The van der Waals surface area contributed by atoms with Crippen LogP contribution in [-0.2, 0) is 16.6 Å². The molecule has 1 rings (SSSR count). The molecule has 1 aromatic carbocycles. The van der Waals surface area contributed by atoms with Crippen molar-refractivity contribution in [3.8, 4) is 0 Å². The molecule has 0 saturated carbocycles. The van der Waals surface area contributed by atoms with Crippen LogP contribution in [0.1, 0.15) is 12.5 Å². The zero-order chi connectivity index (χ0) is 14.5. The van der Waals surface area contributed by atoms with Gasteiger partial charge in [0.25, 0.3) is 0 Å². The lowest BCUT2D eigenvalue weighted by molar-refractivity contribution is 0.460. The lowest BCUT2D eigenvalue weighted by Gasteiger charge is -2.19. The van der Waals surface area contributed by atoms with Crippen LogP contribution in [0.2, 0.25) is 0 Å². The van der Waals surface area contributed by atoms with E-state index < -0.39 is 10.0 Å². The fourth-order valence-corrected chi connectivity index (χ4v) is 3.70. The van der Waals surface area contributed by atoms with E-state index >= 15 is 0 Å². The molecular formula is C13H20ClNO2S2. The van der Waals surface area contributed by atoms with Crippen molar-refractivity contribution in [2.75, 3.05) is 24.9 Å². The third-order valence-corrected chi connectivity index (χ3v) is 6.14. The molecule has 19 heavy (non-hydrogen) atoms. The quantitative estimate of drug-likeness (QED) is 0.572. The van der Waals surface area contributed by atoms with Gasteiger partial charge in [0, 0.05) is 24.4 Å². The highest BCUT2D eigenvalue weighted by atomic mass is 35.5. The van der Waals surface area contributed by atoms with Gasteiger partial charge < -0.3 is 0 Å². The minimum Gasteiger partial charge on any atom is -0.212 e. The Balaban J connectivity index is 2.69. The van der Waals surface area contributed by atoms with Gasteiger partial charge in [-0.15, -0.1) is 23.4 Å². The Morgan fingerprint density at radius 3 is 2.37 bits per heavy atom. The minimum absolute atomic E-state index is 0.0343. The number of benzene rings is 1. The van der Waals surface area contributed by atoms with Gasteiger partial charge >= 0.3 is 0 Å². The summed E-state index contributed by atoms with van der Waals surface area (Å²) in [6.45, 7) is 2.23. The molecule has 0 N–H and O–H groups in total. The number of nitrogens with zero attached hydrogens (tertiary/aromatic N) is 1. The second-order valence-electron chi connectivity index (χ2n) is 4.64. The minimum atomic E-state index is -3.24. The van der Waals surface area contributed by atoms with E-state index in [2.05, 4.69) is 0 Å². The maximum Gasteiger partial charge on any atom is 0.214 e. The van der Waals surface area contributed by atoms with Crippen molar-refractivity contribution in [2.45, 2.75) is 18.4 Å². The predicted molar refractivity (Wildman–Crippen MR) is 83.4 cm³/mol. The first-order valence-electron chi connectivity index (χ1n) is 6.02. The highest BCUT2D eigenvalue weighted by Crippen LogP contribution is 2.17.